The Balaban J connectivity index is 1.31. The molecule has 0 spiro atoms. The van der Waals surface area contributed by atoms with Gasteiger partial charge in [0.2, 0.25) is 5.91 Å². The number of nitrogens with one attached hydrogen (secondary N) is 1. The Morgan fingerprint density at radius 2 is 1.68 bits per heavy atom. The van der Waals surface area contributed by atoms with E-state index >= 15 is 0 Å². The van der Waals surface area contributed by atoms with Crippen LogP contribution in [0.1, 0.15) is 25.7 Å². The van der Waals surface area contributed by atoms with E-state index in [0.717, 1.165) is 11.3 Å². The number of anilines is 2. The number of ether oxygens (including phenoxy) is 1. The van der Waals surface area contributed by atoms with Gasteiger partial charge in [-0.2, -0.15) is 0 Å². The fourth-order valence-corrected chi connectivity index (χ4v) is 5.34. The Hall–Kier alpha value is -5.12. The van der Waals surface area contributed by atoms with E-state index in [4.69, 9.17) is 20.4 Å². The molecule has 0 atom stereocenters. The van der Waals surface area contributed by atoms with E-state index in [-0.39, 0.29) is 23.7 Å². The fraction of sp³-hybridized carbons (Fsp3) is 0.226. The summed E-state index contributed by atoms with van der Waals surface area (Å²) in [5.74, 6) is 0.779. The predicted octanol–water partition coefficient (Wildman–Crippen LogP) is 5.04. The molecule has 4 heterocycles. The van der Waals surface area contributed by atoms with Crippen LogP contribution in [0.4, 0.5) is 11.6 Å². The minimum absolute atomic E-state index is 0.0976. The first-order valence-corrected chi connectivity index (χ1v) is 13.5. The first-order chi connectivity index (χ1) is 20.0. The number of methoxy groups -OCH3 is 1. The molecule has 1 amide bonds. The van der Waals surface area contributed by atoms with Crippen LogP contribution in [0.2, 0.25) is 0 Å². The molecule has 1 fully saturated rings. The molecule has 1 aliphatic carbocycles. The number of amides is 1. The van der Waals surface area contributed by atoms with Crippen molar-refractivity contribution in [3.63, 3.8) is 0 Å². The number of aromatic nitrogens is 5. The summed E-state index contributed by atoms with van der Waals surface area (Å²) in [6, 6.07) is 21.1. The van der Waals surface area contributed by atoms with Crippen molar-refractivity contribution < 1.29 is 14.3 Å². The lowest BCUT2D eigenvalue weighted by molar-refractivity contribution is -0.147. The highest BCUT2D eigenvalue weighted by molar-refractivity contribution is 5.92. The summed E-state index contributed by atoms with van der Waals surface area (Å²) in [5, 5.41) is 2.93. The molecule has 3 N–H and O–H groups in total. The van der Waals surface area contributed by atoms with Crippen LogP contribution in [0, 0.1) is 11.8 Å². The van der Waals surface area contributed by atoms with Crippen molar-refractivity contribution >= 4 is 34.7 Å². The summed E-state index contributed by atoms with van der Waals surface area (Å²) >= 11 is 0. The Morgan fingerprint density at radius 1 is 0.902 bits per heavy atom. The van der Waals surface area contributed by atoms with Gasteiger partial charge in [0.25, 0.3) is 0 Å². The van der Waals surface area contributed by atoms with Gasteiger partial charge in [-0.3, -0.25) is 14.2 Å². The van der Waals surface area contributed by atoms with Crippen LogP contribution in [0.5, 0.6) is 0 Å². The molecular weight excluding hydrogens is 518 g/mol. The van der Waals surface area contributed by atoms with Gasteiger partial charge in [0.1, 0.15) is 17.2 Å². The lowest BCUT2D eigenvalue weighted by atomic mass is 9.81. The largest absolute Gasteiger partial charge is 0.469 e. The highest BCUT2D eigenvalue weighted by Gasteiger charge is 2.30. The van der Waals surface area contributed by atoms with Crippen molar-refractivity contribution in [2.45, 2.75) is 25.7 Å². The van der Waals surface area contributed by atoms with E-state index in [1.54, 1.807) is 18.5 Å². The number of fused-ring (bicyclic) bond motifs is 1. The van der Waals surface area contributed by atoms with Gasteiger partial charge in [-0.15, -0.1) is 0 Å². The minimum atomic E-state index is -0.203. The Morgan fingerprint density at radius 3 is 2.39 bits per heavy atom. The SMILES string of the molecule is COC(=O)[C@H]1CC[C@H](C(=O)Nc2ccc(-n3c(-c4cccnc4N)nc4ccc(-c5ccccc5)nc43)cn2)CC1. The number of carbonyl (C=O) groups is 2. The third-order valence-electron chi connectivity index (χ3n) is 7.54. The van der Waals surface area contributed by atoms with Crippen LogP contribution in [-0.4, -0.2) is 43.5 Å². The molecule has 5 aromatic rings. The monoisotopic (exact) mass is 547 g/mol. The molecule has 1 aromatic carbocycles. The number of rotatable bonds is 6. The first kappa shape index (κ1) is 26.1. The smallest absolute Gasteiger partial charge is 0.308 e. The van der Waals surface area contributed by atoms with Crippen LogP contribution >= 0.6 is 0 Å². The van der Waals surface area contributed by atoms with Gasteiger partial charge in [0.05, 0.1) is 36.2 Å². The van der Waals surface area contributed by atoms with Gasteiger partial charge in [-0.25, -0.2) is 19.9 Å². The number of hydrogen-bond acceptors (Lipinski definition) is 8. The molecule has 4 aromatic heterocycles. The molecule has 0 radical (unpaired) electrons. The second-order valence-corrected chi connectivity index (χ2v) is 10.1. The van der Waals surface area contributed by atoms with Crippen molar-refractivity contribution in [1.29, 1.82) is 0 Å². The predicted molar refractivity (Wildman–Crippen MR) is 156 cm³/mol. The van der Waals surface area contributed by atoms with E-state index < -0.39 is 0 Å². The van der Waals surface area contributed by atoms with Crippen LogP contribution in [-0.2, 0) is 14.3 Å². The molecule has 0 aliphatic heterocycles. The molecule has 0 bridgehead atoms. The summed E-state index contributed by atoms with van der Waals surface area (Å²) in [7, 11) is 1.40. The molecule has 0 unspecified atom stereocenters. The second kappa shape index (κ2) is 11.2. The van der Waals surface area contributed by atoms with Crippen molar-refractivity contribution in [2.75, 3.05) is 18.2 Å². The molecule has 10 heteroatoms. The third kappa shape index (κ3) is 5.23. The number of pyridine rings is 3. The van der Waals surface area contributed by atoms with Crippen molar-refractivity contribution in [3.8, 4) is 28.3 Å². The maximum Gasteiger partial charge on any atom is 0.308 e. The highest BCUT2D eigenvalue weighted by Crippen LogP contribution is 2.33. The maximum atomic E-state index is 12.9. The van der Waals surface area contributed by atoms with Gasteiger partial charge in [0.15, 0.2) is 11.5 Å². The molecule has 206 valence electrons. The zero-order valence-corrected chi connectivity index (χ0v) is 22.5. The Bertz CT molecular complexity index is 1710. The van der Waals surface area contributed by atoms with Gasteiger partial charge in [-0.1, -0.05) is 30.3 Å². The first-order valence-electron chi connectivity index (χ1n) is 13.5. The van der Waals surface area contributed by atoms with Gasteiger partial charge in [0, 0.05) is 17.7 Å². The number of imidazole rings is 1. The van der Waals surface area contributed by atoms with Crippen LogP contribution < -0.4 is 11.1 Å². The molecule has 6 rings (SSSR count). The van der Waals surface area contributed by atoms with E-state index in [9.17, 15) is 9.59 Å². The fourth-order valence-electron chi connectivity index (χ4n) is 5.34. The molecular formula is C31H29N7O3. The van der Waals surface area contributed by atoms with Crippen LogP contribution in [0.15, 0.2) is 79.1 Å². The lowest BCUT2D eigenvalue weighted by Crippen LogP contribution is -2.30. The topological polar surface area (TPSA) is 138 Å². The summed E-state index contributed by atoms with van der Waals surface area (Å²) in [4.78, 5) is 43.4. The van der Waals surface area contributed by atoms with E-state index in [1.807, 2.05) is 65.2 Å². The number of carbonyl (C=O) groups excluding carboxylic acids is 2. The zero-order valence-electron chi connectivity index (χ0n) is 22.5. The normalized spacial score (nSPS) is 16.8. The zero-order chi connectivity index (χ0) is 28.3. The molecule has 1 aliphatic rings. The molecule has 1 saturated carbocycles. The van der Waals surface area contributed by atoms with E-state index in [2.05, 4.69) is 15.3 Å². The highest BCUT2D eigenvalue weighted by atomic mass is 16.5. The van der Waals surface area contributed by atoms with Crippen LogP contribution in [0.25, 0.3) is 39.5 Å². The van der Waals surface area contributed by atoms with Crippen molar-refractivity contribution in [1.82, 2.24) is 24.5 Å². The van der Waals surface area contributed by atoms with Crippen molar-refractivity contribution in [3.05, 3.63) is 79.1 Å². The third-order valence-corrected chi connectivity index (χ3v) is 7.54. The van der Waals surface area contributed by atoms with Gasteiger partial charge < -0.3 is 15.8 Å². The average Bonchev–Trinajstić information content (AvgIpc) is 3.40. The molecule has 0 saturated heterocycles. The summed E-state index contributed by atoms with van der Waals surface area (Å²) in [6.07, 6.45) is 5.87. The average molecular weight is 548 g/mol. The molecule has 10 nitrogen and oxygen atoms in total. The minimum Gasteiger partial charge on any atom is -0.469 e. The summed E-state index contributed by atoms with van der Waals surface area (Å²) in [6.45, 7) is 0. The number of esters is 1. The van der Waals surface area contributed by atoms with Gasteiger partial charge in [-0.05, 0) is 62.1 Å². The summed E-state index contributed by atoms with van der Waals surface area (Å²) < 4.78 is 6.76. The van der Waals surface area contributed by atoms with Gasteiger partial charge >= 0.3 is 5.97 Å². The second-order valence-electron chi connectivity index (χ2n) is 10.1. The number of hydrogen-bond donors (Lipinski definition) is 2. The van der Waals surface area contributed by atoms with E-state index in [0.29, 0.717) is 65.6 Å². The number of nitrogens with zero attached hydrogens (tertiary/aromatic N) is 5. The van der Waals surface area contributed by atoms with E-state index in [1.165, 1.54) is 7.11 Å². The lowest BCUT2D eigenvalue weighted by Gasteiger charge is -2.25. The number of nitrogen functional groups attached to an aromatic ring is 1. The Kier molecular flexibility index (Phi) is 7.11. The standard InChI is InChI=1S/C31H29N7O3/c1-41-31(40)21-11-9-20(10-12-21)30(39)37-26-16-13-22(18-34-26)38-28(23-8-5-17-33-27(23)32)36-25-15-14-24(35-29(25)38)19-6-3-2-4-7-19/h2-8,13-18,20-21H,9-12H2,1H3,(H2,32,33)(H,34,37,39)/t20-,21-. The number of nitrogens with two attached hydrogens (primary N) is 1. The maximum absolute atomic E-state index is 12.9. The molecule has 41 heavy (non-hydrogen) atoms. The quantitative estimate of drug-likeness (QED) is 0.282. The van der Waals surface area contributed by atoms with Crippen molar-refractivity contribution in [2.24, 2.45) is 11.8 Å². The number of benzene rings is 1. The summed E-state index contributed by atoms with van der Waals surface area (Å²) in [5.41, 5.74) is 10.8. The Labute approximate surface area is 236 Å². The van der Waals surface area contributed by atoms with Crippen LogP contribution in [0.3, 0.4) is 0 Å².